The van der Waals surface area contributed by atoms with E-state index in [1.54, 1.807) is 25.0 Å². The van der Waals surface area contributed by atoms with Crippen molar-refractivity contribution in [3.63, 3.8) is 0 Å². The van der Waals surface area contributed by atoms with Gasteiger partial charge in [-0.15, -0.1) is 0 Å². The first kappa shape index (κ1) is 22.3. The van der Waals surface area contributed by atoms with Crippen LogP contribution >= 0.6 is 0 Å². The van der Waals surface area contributed by atoms with Gasteiger partial charge in [0.1, 0.15) is 5.75 Å². The standard InChI is InChI=1S/C21H32N4O5/c1-17(26)24(7-6-23-8-11-29-12-9-23)15-20-16-25(10-13-30-20)21(27)22-18-4-3-5-19(14-18)28-2/h3-5,14,20H,6-13,15-16H2,1-2H3,(H,22,27). The summed E-state index contributed by atoms with van der Waals surface area (Å²) < 4.78 is 16.4. The lowest BCUT2D eigenvalue weighted by atomic mass is 10.2. The summed E-state index contributed by atoms with van der Waals surface area (Å²) in [5.74, 6) is 0.704. The maximum absolute atomic E-state index is 12.7. The third kappa shape index (κ3) is 6.58. The lowest BCUT2D eigenvalue weighted by Crippen LogP contribution is -2.52. The largest absolute Gasteiger partial charge is 0.497 e. The van der Waals surface area contributed by atoms with Gasteiger partial charge in [-0.3, -0.25) is 9.69 Å². The summed E-state index contributed by atoms with van der Waals surface area (Å²) in [5, 5.41) is 2.90. The van der Waals surface area contributed by atoms with Crippen molar-refractivity contribution >= 4 is 17.6 Å². The van der Waals surface area contributed by atoms with E-state index in [1.807, 2.05) is 23.1 Å². The predicted molar refractivity (Wildman–Crippen MR) is 113 cm³/mol. The van der Waals surface area contributed by atoms with Crippen LogP contribution in [0.2, 0.25) is 0 Å². The maximum atomic E-state index is 12.7. The van der Waals surface area contributed by atoms with Crippen molar-refractivity contribution in [2.45, 2.75) is 13.0 Å². The molecule has 9 nitrogen and oxygen atoms in total. The highest BCUT2D eigenvalue weighted by molar-refractivity contribution is 5.89. The zero-order valence-corrected chi connectivity index (χ0v) is 17.8. The average molecular weight is 421 g/mol. The van der Waals surface area contributed by atoms with Crippen molar-refractivity contribution in [3.05, 3.63) is 24.3 Å². The topological polar surface area (TPSA) is 83.6 Å². The molecule has 2 heterocycles. The van der Waals surface area contributed by atoms with Crippen LogP contribution in [0.25, 0.3) is 0 Å². The maximum Gasteiger partial charge on any atom is 0.322 e. The lowest BCUT2D eigenvalue weighted by Gasteiger charge is -2.36. The summed E-state index contributed by atoms with van der Waals surface area (Å²) in [6, 6.07) is 7.07. The quantitative estimate of drug-likeness (QED) is 0.712. The van der Waals surface area contributed by atoms with Crippen molar-refractivity contribution in [1.82, 2.24) is 14.7 Å². The van der Waals surface area contributed by atoms with E-state index in [9.17, 15) is 9.59 Å². The fourth-order valence-corrected chi connectivity index (χ4v) is 3.63. The number of amides is 3. The molecule has 1 unspecified atom stereocenters. The van der Waals surface area contributed by atoms with Gasteiger partial charge in [0.05, 0.1) is 39.6 Å². The normalized spacial score (nSPS) is 19.9. The zero-order valence-electron chi connectivity index (χ0n) is 17.8. The van der Waals surface area contributed by atoms with Gasteiger partial charge < -0.3 is 29.3 Å². The summed E-state index contributed by atoms with van der Waals surface area (Å²) >= 11 is 0. The number of carbonyl (C=O) groups excluding carboxylic acids is 2. The Morgan fingerprint density at radius 3 is 2.77 bits per heavy atom. The van der Waals surface area contributed by atoms with Crippen LogP contribution in [0.5, 0.6) is 5.75 Å². The molecule has 2 saturated heterocycles. The molecule has 1 N–H and O–H groups in total. The Balaban J connectivity index is 1.50. The molecule has 0 radical (unpaired) electrons. The van der Waals surface area contributed by atoms with Gasteiger partial charge in [0.15, 0.2) is 0 Å². The number of hydrogen-bond acceptors (Lipinski definition) is 6. The molecule has 2 aliphatic heterocycles. The Hall–Kier alpha value is -2.36. The van der Waals surface area contributed by atoms with Gasteiger partial charge in [-0.25, -0.2) is 4.79 Å². The second-order valence-electron chi connectivity index (χ2n) is 7.52. The van der Waals surface area contributed by atoms with E-state index in [-0.39, 0.29) is 18.0 Å². The molecule has 3 rings (SSSR count). The Labute approximate surface area is 177 Å². The van der Waals surface area contributed by atoms with Crippen LogP contribution in [0.4, 0.5) is 10.5 Å². The first-order valence-corrected chi connectivity index (χ1v) is 10.4. The van der Waals surface area contributed by atoms with Gasteiger partial charge in [-0.05, 0) is 12.1 Å². The monoisotopic (exact) mass is 420 g/mol. The molecule has 1 aromatic rings. The summed E-state index contributed by atoms with van der Waals surface area (Å²) in [7, 11) is 1.59. The molecule has 1 atom stereocenters. The molecule has 3 amide bonds. The van der Waals surface area contributed by atoms with Crippen LogP contribution in [0.3, 0.4) is 0 Å². The first-order valence-electron chi connectivity index (χ1n) is 10.4. The summed E-state index contributed by atoms with van der Waals surface area (Å²) in [4.78, 5) is 30.7. The number of urea groups is 1. The van der Waals surface area contributed by atoms with Crippen molar-refractivity contribution in [2.75, 3.05) is 78.1 Å². The number of carbonyl (C=O) groups is 2. The number of nitrogens with one attached hydrogen (secondary N) is 1. The van der Waals surface area contributed by atoms with E-state index in [0.29, 0.717) is 44.2 Å². The Morgan fingerprint density at radius 1 is 1.23 bits per heavy atom. The summed E-state index contributed by atoms with van der Waals surface area (Å²) in [6.07, 6.45) is -0.205. The molecule has 0 aliphatic carbocycles. The van der Waals surface area contributed by atoms with Gasteiger partial charge in [0.25, 0.3) is 0 Å². The lowest BCUT2D eigenvalue weighted by molar-refractivity contribution is -0.132. The fourth-order valence-electron chi connectivity index (χ4n) is 3.63. The van der Waals surface area contributed by atoms with Gasteiger partial charge in [0, 0.05) is 57.9 Å². The number of morpholine rings is 2. The van der Waals surface area contributed by atoms with E-state index in [0.717, 1.165) is 32.8 Å². The number of hydrogen-bond donors (Lipinski definition) is 1. The van der Waals surface area contributed by atoms with Crippen LogP contribution in [-0.2, 0) is 14.3 Å². The molecule has 0 bridgehead atoms. The van der Waals surface area contributed by atoms with Crippen LogP contribution in [-0.4, -0.2) is 105 Å². The highest BCUT2D eigenvalue weighted by Gasteiger charge is 2.27. The number of anilines is 1. The molecule has 0 spiro atoms. The van der Waals surface area contributed by atoms with Crippen LogP contribution in [0.15, 0.2) is 24.3 Å². The number of rotatable bonds is 7. The molecule has 9 heteroatoms. The van der Waals surface area contributed by atoms with E-state index in [4.69, 9.17) is 14.2 Å². The third-order valence-corrected chi connectivity index (χ3v) is 5.41. The predicted octanol–water partition coefficient (Wildman–Crippen LogP) is 1.11. The second-order valence-corrected chi connectivity index (χ2v) is 7.52. The molecule has 2 fully saturated rings. The van der Waals surface area contributed by atoms with Crippen molar-refractivity contribution < 1.29 is 23.8 Å². The molecule has 0 aromatic heterocycles. The first-order chi connectivity index (χ1) is 14.5. The number of nitrogens with zero attached hydrogens (tertiary/aromatic N) is 3. The number of methoxy groups -OCH3 is 1. The van der Waals surface area contributed by atoms with E-state index in [1.165, 1.54) is 0 Å². The molecule has 30 heavy (non-hydrogen) atoms. The minimum atomic E-state index is -0.205. The van der Waals surface area contributed by atoms with Crippen LogP contribution in [0.1, 0.15) is 6.92 Å². The SMILES string of the molecule is COc1cccc(NC(=O)N2CCOC(CN(CCN3CCOCC3)C(C)=O)C2)c1. The van der Waals surface area contributed by atoms with Crippen molar-refractivity contribution in [1.29, 1.82) is 0 Å². The molecule has 0 saturated carbocycles. The van der Waals surface area contributed by atoms with Crippen LogP contribution in [0, 0.1) is 0 Å². The fraction of sp³-hybridized carbons (Fsp3) is 0.619. The Kier molecular flexibility index (Phi) is 8.30. The number of ether oxygens (including phenoxy) is 3. The van der Waals surface area contributed by atoms with Crippen LogP contribution < -0.4 is 10.1 Å². The highest BCUT2D eigenvalue weighted by Crippen LogP contribution is 2.18. The Bertz CT molecular complexity index is 710. The molecule has 166 valence electrons. The van der Waals surface area contributed by atoms with Gasteiger partial charge in [-0.1, -0.05) is 6.07 Å². The molecular weight excluding hydrogens is 388 g/mol. The van der Waals surface area contributed by atoms with Crippen molar-refractivity contribution in [3.8, 4) is 5.75 Å². The molecule has 1 aromatic carbocycles. The highest BCUT2D eigenvalue weighted by atomic mass is 16.5. The Morgan fingerprint density at radius 2 is 2.03 bits per heavy atom. The average Bonchev–Trinajstić information content (AvgIpc) is 2.77. The van der Waals surface area contributed by atoms with E-state index < -0.39 is 0 Å². The van der Waals surface area contributed by atoms with Crippen molar-refractivity contribution in [2.24, 2.45) is 0 Å². The molecule has 2 aliphatic rings. The summed E-state index contributed by atoms with van der Waals surface area (Å²) in [6.45, 7) is 8.18. The second kappa shape index (κ2) is 11.1. The number of benzene rings is 1. The summed E-state index contributed by atoms with van der Waals surface area (Å²) in [5.41, 5.74) is 0.679. The minimum absolute atomic E-state index is 0.0183. The zero-order chi connectivity index (χ0) is 21.3. The molecular formula is C21H32N4O5. The van der Waals surface area contributed by atoms with E-state index >= 15 is 0 Å². The third-order valence-electron chi connectivity index (χ3n) is 5.41. The van der Waals surface area contributed by atoms with Gasteiger partial charge in [0.2, 0.25) is 5.91 Å². The van der Waals surface area contributed by atoms with Gasteiger partial charge >= 0.3 is 6.03 Å². The van der Waals surface area contributed by atoms with Gasteiger partial charge in [-0.2, -0.15) is 0 Å². The smallest absolute Gasteiger partial charge is 0.322 e. The minimum Gasteiger partial charge on any atom is -0.497 e. The van der Waals surface area contributed by atoms with E-state index in [2.05, 4.69) is 10.2 Å².